The van der Waals surface area contributed by atoms with E-state index >= 15 is 0 Å². The second-order valence-corrected chi connectivity index (χ2v) is 51.4. The first-order chi connectivity index (χ1) is 9.62. The smallest absolute Gasteiger partial charge is 0.308 e. The predicted octanol–water partition coefficient (Wildman–Crippen LogP) is 5.27. The Hall–Kier alpha value is 0.338. The lowest BCUT2D eigenvalue weighted by Crippen LogP contribution is -2.82. The number of rotatable bonds is 8. The van der Waals surface area contributed by atoms with Crippen molar-refractivity contribution in [2.45, 2.75) is 85.2 Å². The summed E-state index contributed by atoms with van der Waals surface area (Å²) < 4.78 is 5.70. The minimum atomic E-state index is -1.37. The van der Waals surface area contributed by atoms with Crippen LogP contribution >= 0.6 is 0 Å². The molecule has 1 unspecified atom stereocenters. The summed E-state index contributed by atoms with van der Waals surface area (Å²) in [6.07, 6.45) is 0.872. The molecule has 0 saturated heterocycles. The highest BCUT2D eigenvalue weighted by Gasteiger charge is 2.60. The molecule has 0 bridgehead atoms. The second kappa shape index (κ2) is 7.49. The third-order valence-corrected chi connectivity index (χ3v) is 80.0. The van der Waals surface area contributed by atoms with Crippen molar-refractivity contribution < 1.29 is 9.53 Å². The molecule has 0 aliphatic heterocycles. The molecule has 0 aliphatic carbocycles. The van der Waals surface area contributed by atoms with Crippen LogP contribution < -0.4 is 0 Å². The Labute approximate surface area is 142 Å². The largest absolute Gasteiger partial charge is 0.466 e. The molecular weight excluding hydrogens is 337 g/mol. The van der Waals surface area contributed by atoms with Crippen LogP contribution in [-0.2, 0) is 9.53 Å². The first-order valence-electron chi connectivity index (χ1n) is 8.78. The molecule has 0 radical (unpaired) electrons. The zero-order chi connectivity index (χ0) is 18.0. The van der Waals surface area contributed by atoms with Crippen LogP contribution in [0.4, 0.5) is 0 Å². The molecular formula is C16H40O2Si4. The zero-order valence-corrected chi connectivity index (χ0v) is 21.0. The summed E-state index contributed by atoms with van der Waals surface area (Å²) >= 11 is 0. The van der Waals surface area contributed by atoms with Gasteiger partial charge in [0.25, 0.3) is 0 Å². The summed E-state index contributed by atoms with van der Waals surface area (Å²) in [5.41, 5.74) is 0. The molecule has 6 heteroatoms. The van der Waals surface area contributed by atoms with Gasteiger partial charge < -0.3 is 4.74 Å². The topological polar surface area (TPSA) is 26.3 Å². The number of esters is 1. The van der Waals surface area contributed by atoms with Gasteiger partial charge >= 0.3 is 5.97 Å². The molecule has 0 heterocycles. The average molecular weight is 377 g/mol. The third kappa shape index (κ3) is 4.67. The van der Waals surface area contributed by atoms with Gasteiger partial charge in [-0.05, 0) is 12.5 Å². The maximum atomic E-state index is 12.0. The average Bonchev–Trinajstić information content (AvgIpc) is 2.27. The molecule has 0 N–H and O–H groups in total. The van der Waals surface area contributed by atoms with Crippen molar-refractivity contribution in [3.05, 3.63) is 0 Å². The Morgan fingerprint density at radius 3 is 1.50 bits per heavy atom. The molecule has 0 aromatic heterocycles. The van der Waals surface area contributed by atoms with E-state index in [0.29, 0.717) is 6.61 Å². The number of carbonyl (C=O) groups excluding carboxylic acids is 1. The molecule has 0 fully saturated rings. The molecule has 0 spiro atoms. The fraction of sp³-hybridized carbons (Fsp3) is 0.938. The van der Waals surface area contributed by atoms with E-state index in [4.69, 9.17) is 4.74 Å². The van der Waals surface area contributed by atoms with Gasteiger partial charge in [0.05, 0.1) is 12.5 Å². The number of ether oxygens (including phenoxy) is 1. The lowest BCUT2D eigenvalue weighted by Gasteiger charge is -2.57. The summed E-state index contributed by atoms with van der Waals surface area (Å²) in [7, 11) is -3.73. The molecule has 2 nitrogen and oxygen atoms in total. The summed E-state index contributed by atoms with van der Waals surface area (Å²) in [5.74, 6) is 0.0499. The standard InChI is InChI=1S/C16H40O2Si4/c1-12-15(2)16(17)18-13-14-22(19(3,4)5,20(6,7)8)21(9,10)11/h15H,12-14H2,1-11H3. The first-order valence-corrected chi connectivity index (χ1v) is 24.5. The van der Waals surface area contributed by atoms with Crippen molar-refractivity contribution in [2.75, 3.05) is 6.61 Å². The van der Waals surface area contributed by atoms with Crippen LogP contribution in [0.3, 0.4) is 0 Å². The number of hydrogen-bond acceptors (Lipinski definition) is 2. The molecule has 0 rings (SSSR count). The van der Waals surface area contributed by atoms with Gasteiger partial charge in [-0.25, -0.2) is 0 Å². The van der Waals surface area contributed by atoms with Crippen molar-refractivity contribution in [3.8, 4) is 0 Å². The fourth-order valence-corrected chi connectivity index (χ4v) is 103. The van der Waals surface area contributed by atoms with Crippen molar-refractivity contribution in [1.29, 1.82) is 0 Å². The van der Waals surface area contributed by atoms with Gasteiger partial charge in [0, 0.05) is 29.4 Å². The van der Waals surface area contributed by atoms with Crippen molar-refractivity contribution in [1.82, 2.24) is 0 Å². The van der Waals surface area contributed by atoms with Crippen molar-refractivity contribution >= 4 is 35.4 Å². The first kappa shape index (κ1) is 22.3. The van der Waals surface area contributed by atoms with Crippen LogP contribution in [0, 0.1) is 5.92 Å². The minimum Gasteiger partial charge on any atom is -0.466 e. The fourth-order valence-electron chi connectivity index (χ4n) is 5.11. The molecule has 132 valence electrons. The zero-order valence-electron chi connectivity index (χ0n) is 17.0. The summed E-state index contributed by atoms with van der Waals surface area (Å²) in [6, 6.07) is 1.22. The van der Waals surface area contributed by atoms with E-state index in [1.807, 2.05) is 6.92 Å². The maximum Gasteiger partial charge on any atom is 0.308 e. The Morgan fingerprint density at radius 2 is 1.23 bits per heavy atom. The van der Waals surface area contributed by atoms with Gasteiger partial charge in [-0.15, -0.1) is 0 Å². The van der Waals surface area contributed by atoms with Gasteiger partial charge in [0.2, 0.25) is 0 Å². The van der Waals surface area contributed by atoms with Gasteiger partial charge in [0.1, 0.15) is 0 Å². The highest BCUT2D eigenvalue weighted by atomic mass is 29.9. The molecule has 0 saturated carbocycles. The van der Waals surface area contributed by atoms with Crippen LogP contribution in [0.2, 0.25) is 65.0 Å². The van der Waals surface area contributed by atoms with E-state index in [-0.39, 0.29) is 11.9 Å². The highest BCUT2D eigenvalue weighted by molar-refractivity contribution is 7.89. The minimum absolute atomic E-state index is 0.00660. The Kier molecular flexibility index (Phi) is 7.60. The van der Waals surface area contributed by atoms with Crippen molar-refractivity contribution in [3.63, 3.8) is 0 Å². The number of hydrogen-bond donors (Lipinski definition) is 0. The molecule has 0 aromatic rings. The van der Waals surface area contributed by atoms with E-state index in [2.05, 4.69) is 65.8 Å². The van der Waals surface area contributed by atoms with E-state index in [1.165, 1.54) is 6.04 Å². The lowest BCUT2D eigenvalue weighted by molar-refractivity contribution is -0.147. The third-order valence-electron chi connectivity index (χ3n) is 5.58. The predicted molar refractivity (Wildman–Crippen MR) is 111 cm³/mol. The molecule has 22 heavy (non-hydrogen) atoms. The number of carbonyl (C=O) groups is 1. The van der Waals surface area contributed by atoms with Crippen LogP contribution in [0.1, 0.15) is 20.3 Å². The Morgan fingerprint density at radius 1 is 0.864 bits per heavy atom. The van der Waals surface area contributed by atoms with Crippen molar-refractivity contribution in [2.24, 2.45) is 5.92 Å². The quantitative estimate of drug-likeness (QED) is 0.426. The van der Waals surface area contributed by atoms with Gasteiger partial charge in [-0.3, -0.25) is 4.79 Å². The monoisotopic (exact) mass is 376 g/mol. The highest BCUT2D eigenvalue weighted by Crippen LogP contribution is 2.39. The van der Waals surface area contributed by atoms with Crippen LogP contribution in [0.25, 0.3) is 0 Å². The molecule has 1 atom stereocenters. The Bertz CT molecular complexity index is 339. The molecule has 0 aliphatic rings. The van der Waals surface area contributed by atoms with Gasteiger partial charge in [-0.2, -0.15) is 0 Å². The van der Waals surface area contributed by atoms with E-state index in [0.717, 1.165) is 6.42 Å². The maximum absolute atomic E-state index is 12.0. The van der Waals surface area contributed by atoms with Gasteiger partial charge in [0.15, 0.2) is 0 Å². The SMILES string of the molecule is CCC(C)C(=O)OCC[Si]([Si](C)(C)C)([Si](C)(C)C)[Si](C)(C)C. The van der Waals surface area contributed by atoms with Crippen LogP contribution in [0.5, 0.6) is 0 Å². The Balaban J connectivity index is 5.42. The normalized spacial score (nSPS) is 15.6. The summed E-state index contributed by atoms with van der Waals surface area (Å²) in [6.45, 7) is 26.6. The second-order valence-electron chi connectivity index (χ2n) is 9.88. The van der Waals surface area contributed by atoms with E-state index < -0.39 is 29.4 Å². The summed E-state index contributed by atoms with van der Waals surface area (Å²) in [5, 5.41) is 0. The molecule has 0 aromatic carbocycles. The van der Waals surface area contributed by atoms with Crippen LogP contribution in [-0.4, -0.2) is 42.0 Å². The lowest BCUT2D eigenvalue weighted by atomic mass is 10.1. The van der Waals surface area contributed by atoms with Crippen LogP contribution in [0.15, 0.2) is 0 Å². The van der Waals surface area contributed by atoms with E-state index in [9.17, 15) is 4.79 Å². The summed E-state index contributed by atoms with van der Waals surface area (Å²) in [4.78, 5) is 12.0. The molecule has 0 amide bonds. The van der Waals surface area contributed by atoms with Gasteiger partial charge in [-0.1, -0.05) is 72.8 Å². The van der Waals surface area contributed by atoms with E-state index in [1.54, 1.807) is 0 Å².